The van der Waals surface area contributed by atoms with Gasteiger partial charge in [-0.1, -0.05) is 17.4 Å². The fourth-order valence-electron chi connectivity index (χ4n) is 7.12. The number of aromatic amines is 1. The van der Waals surface area contributed by atoms with Crippen LogP contribution in [0.15, 0.2) is 52.3 Å². The van der Waals surface area contributed by atoms with Crippen molar-refractivity contribution in [2.45, 2.75) is 22.6 Å². The largest absolute Gasteiger partial charge is 0.504 e. The zero-order valence-corrected chi connectivity index (χ0v) is 20.6. The number of fused-ring (bicyclic) bond motifs is 9. The topological polar surface area (TPSA) is 99.7 Å². The minimum atomic E-state index is -0.437. The van der Waals surface area contributed by atoms with Gasteiger partial charge in [0.25, 0.3) is 0 Å². The summed E-state index contributed by atoms with van der Waals surface area (Å²) in [4.78, 5) is 44.6. The van der Waals surface area contributed by atoms with E-state index in [1.165, 1.54) is 47.6 Å². The van der Waals surface area contributed by atoms with E-state index in [1.54, 1.807) is 23.9 Å². The Labute approximate surface area is 213 Å². The number of aromatic hydroxyl groups is 1. The van der Waals surface area contributed by atoms with Crippen molar-refractivity contribution in [3.05, 3.63) is 68.4 Å². The van der Waals surface area contributed by atoms with Gasteiger partial charge in [0, 0.05) is 16.0 Å². The minimum absolute atomic E-state index is 0.00467. The van der Waals surface area contributed by atoms with Crippen molar-refractivity contribution in [2.24, 2.45) is 29.6 Å². The van der Waals surface area contributed by atoms with E-state index < -0.39 is 17.7 Å². The molecule has 1 saturated heterocycles. The van der Waals surface area contributed by atoms with Gasteiger partial charge in [0.1, 0.15) is 5.82 Å². The number of halogens is 1. The van der Waals surface area contributed by atoms with Crippen molar-refractivity contribution in [1.82, 2.24) is 4.98 Å². The van der Waals surface area contributed by atoms with Crippen LogP contribution < -0.4 is 14.5 Å². The third-order valence-corrected chi connectivity index (χ3v) is 11.0. The molecular formula is C26H21FN2O5S2. The predicted octanol–water partition coefficient (Wildman–Crippen LogP) is 3.97. The SMILES string of the molecule is COc1cc(C2c3sc(=O)[nH]c3SC3C4CC(C5C(=O)N(c6ccc(F)cc6)C(=O)C45)C23)ccc1O. The second-order valence-electron chi connectivity index (χ2n) is 9.88. The monoisotopic (exact) mass is 524 g/mol. The van der Waals surface area contributed by atoms with Crippen LogP contribution in [0.5, 0.6) is 11.5 Å². The van der Waals surface area contributed by atoms with Crippen LogP contribution in [-0.2, 0) is 9.59 Å². The molecule has 3 fully saturated rings. The van der Waals surface area contributed by atoms with Crippen LogP contribution in [0.3, 0.4) is 0 Å². The van der Waals surface area contributed by atoms with Crippen LogP contribution in [0.1, 0.15) is 22.8 Å². The number of aromatic nitrogens is 1. The summed E-state index contributed by atoms with van der Waals surface area (Å²) >= 11 is 2.80. The van der Waals surface area contributed by atoms with Gasteiger partial charge in [-0.2, -0.15) is 0 Å². The summed E-state index contributed by atoms with van der Waals surface area (Å²) in [7, 11) is 1.49. The summed E-state index contributed by atoms with van der Waals surface area (Å²) in [6, 6.07) is 10.7. The Morgan fingerprint density at radius 2 is 1.78 bits per heavy atom. The molecule has 2 bridgehead atoms. The number of phenolic OH excluding ortho intramolecular Hbond substituents is 1. The summed E-state index contributed by atoms with van der Waals surface area (Å²) in [5.74, 6) is -1.48. The quantitative estimate of drug-likeness (QED) is 0.503. The Hall–Kier alpha value is -3.11. The molecule has 0 spiro atoms. The highest BCUT2D eigenvalue weighted by molar-refractivity contribution is 8.00. The fourth-order valence-corrected chi connectivity index (χ4v) is 10.0. The van der Waals surface area contributed by atoms with E-state index in [0.29, 0.717) is 11.4 Å². The molecule has 36 heavy (non-hydrogen) atoms. The molecule has 2 aliphatic carbocycles. The number of ether oxygens (including phenoxy) is 1. The maximum atomic E-state index is 13.7. The van der Waals surface area contributed by atoms with Crippen molar-refractivity contribution in [1.29, 1.82) is 0 Å². The van der Waals surface area contributed by atoms with Crippen molar-refractivity contribution >= 4 is 40.6 Å². The molecule has 1 aromatic heterocycles. The third kappa shape index (κ3) is 2.88. The van der Waals surface area contributed by atoms with E-state index in [4.69, 9.17) is 4.74 Å². The number of benzene rings is 2. The Balaban J connectivity index is 1.33. The van der Waals surface area contributed by atoms with Crippen LogP contribution in [0, 0.1) is 35.4 Å². The zero-order valence-electron chi connectivity index (χ0n) is 19.0. The van der Waals surface area contributed by atoms with Crippen molar-refractivity contribution in [2.75, 3.05) is 12.0 Å². The van der Waals surface area contributed by atoms with Gasteiger partial charge in [-0.15, -0.1) is 11.8 Å². The van der Waals surface area contributed by atoms with Crippen LogP contribution >= 0.6 is 23.1 Å². The maximum absolute atomic E-state index is 13.7. The number of anilines is 1. The molecule has 3 aromatic rings. The number of methoxy groups -OCH3 is 1. The summed E-state index contributed by atoms with van der Waals surface area (Å²) in [5, 5.41) is 11.1. The standard InChI is InChI=1S/C26H21FN2O5S2/c1-34-16-8-10(2-7-15(16)30)17-18-13-9-14(21(18)35-23-22(17)36-26(33)28-23)20-19(13)24(31)29(25(20)32)12-5-3-11(27)4-6-12/h2-8,13-14,17-21,30H,9H2,1H3,(H,28,33). The highest BCUT2D eigenvalue weighted by Gasteiger charge is 2.69. The average molecular weight is 525 g/mol. The lowest BCUT2D eigenvalue weighted by molar-refractivity contribution is -0.123. The van der Waals surface area contributed by atoms with Gasteiger partial charge in [-0.25, -0.2) is 4.39 Å². The molecule has 10 heteroatoms. The second kappa shape index (κ2) is 7.69. The molecule has 2 saturated carbocycles. The second-order valence-corrected chi connectivity index (χ2v) is 12.1. The first kappa shape index (κ1) is 22.1. The number of nitrogens with one attached hydrogen (secondary N) is 1. The summed E-state index contributed by atoms with van der Waals surface area (Å²) in [5.41, 5.74) is 1.31. The first-order valence-electron chi connectivity index (χ1n) is 11.8. The molecule has 0 radical (unpaired) electrons. The van der Waals surface area contributed by atoms with E-state index in [1.807, 2.05) is 6.07 Å². The number of rotatable bonds is 3. The third-order valence-electron chi connectivity index (χ3n) is 8.37. The van der Waals surface area contributed by atoms with Crippen molar-refractivity contribution in [3.8, 4) is 11.5 Å². The van der Waals surface area contributed by atoms with Gasteiger partial charge in [-0.05, 0) is 66.1 Å². The first-order valence-corrected chi connectivity index (χ1v) is 13.5. The van der Waals surface area contributed by atoms with Gasteiger partial charge in [0.05, 0.1) is 29.7 Å². The lowest BCUT2D eigenvalue weighted by Gasteiger charge is -2.43. The lowest BCUT2D eigenvalue weighted by Crippen LogP contribution is -2.42. The molecular weight excluding hydrogens is 503 g/mol. The fraction of sp³-hybridized carbons (Fsp3) is 0.346. The highest BCUT2D eigenvalue weighted by Crippen LogP contribution is 2.68. The molecule has 2 N–H and O–H groups in total. The molecule has 2 amide bonds. The van der Waals surface area contributed by atoms with E-state index in [-0.39, 0.29) is 51.4 Å². The van der Waals surface area contributed by atoms with E-state index in [9.17, 15) is 23.9 Å². The van der Waals surface area contributed by atoms with Gasteiger partial charge in [0.15, 0.2) is 11.5 Å². The van der Waals surface area contributed by atoms with Crippen LogP contribution in [0.2, 0.25) is 0 Å². The first-order chi connectivity index (χ1) is 17.4. The van der Waals surface area contributed by atoms with Crippen molar-refractivity contribution in [3.63, 3.8) is 0 Å². The number of hydrogen-bond acceptors (Lipinski definition) is 7. The Morgan fingerprint density at radius 3 is 2.50 bits per heavy atom. The number of phenols is 1. The molecule has 3 heterocycles. The molecule has 7 rings (SSSR count). The molecule has 184 valence electrons. The molecule has 4 aliphatic rings. The molecule has 2 aliphatic heterocycles. The van der Waals surface area contributed by atoms with Crippen LogP contribution in [0.25, 0.3) is 0 Å². The molecule has 7 atom stereocenters. The van der Waals surface area contributed by atoms with Crippen molar-refractivity contribution < 1.29 is 23.8 Å². The molecule has 7 nitrogen and oxygen atoms in total. The minimum Gasteiger partial charge on any atom is -0.504 e. The number of thiazole rings is 1. The zero-order chi connectivity index (χ0) is 24.9. The number of hydrogen-bond donors (Lipinski definition) is 2. The maximum Gasteiger partial charge on any atom is 0.305 e. The van der Waals surface area contributed by atoms with E-state index in [2.05, 4.69) is 4.98 Å². The van der Waals surface area contributed by atoms with Gasteiger partial charge in [0.2, 0.25) is 11.8 Å². The molecule has 7 unspecified atom stereocenters. The smallest absolute Gasteiger partial charge is 0.305 e. The number of amides is 2. The average Bonchev–Trinajstić information content (AvgIpc) is 3.59. The Bertz CT molecular complexity index is 1480. The Morgan fingerprint density at radius 1 is 1.06 bits per heavy atom. The lowest BCUT2D eigenvalue weighted by atomic mass is 9.68. The van der Waals surface area contributed by atoms with Crippen LogP contribution in [0.4, 0.5) is 10.1 Å². The number of carbonyl (C=O) groups is 2. The van der Waals surface area contributed by atoms with E-state index in [0.717, 1.165) is 21.9 Å². The number of thioether (sulfide) groups is 1. The summed E-state index contributed by atoms with van der Waals surface area (Å²) < 4.78 is 18.9. The van der Waals surface area contributed by atoms with Gasteiger partial charge >= 0.3 is 4.87 Å². The molecule has 2 aromatic carbocycles. The highest BCUT2D eigenvalue weighted by atomic mass is 32.2. The van der Waals surface area contributed by atoms with Gasteiger partial charge in [-0.3, -0.25) is 19.3 Å². The van der Waals surface area contributed by atoms with Crippen LogP contribution in [-0.4, -0.2) is 34.3 Å². The Kier molecular flexibility index (Phi) is 4.73. The van der Waals surface area contributed by atoms with Gasteiger partial charge < -0.3 is 14.8 Å². The number of imide groups is 1. The van der Waals surface area contributed by atoms with E-state index >= 15 is 0 Å². The normalized spacial score (nSPS) is 31.9. The predicted molar refractivity (Wildman–Crippen MR) is 132 cm³/mol. The number of H-pyrrole nitrogens is 1. The number of nitrogens with zero attached hydrogens (tertiary/aromatic N) is 1. The summed E-state index contributed by atoms with van der Waals surface area (Å²) in [6.07, 6.45) is 0.775. The summed E-state index contributed by atoms with van der Waals surface area (Å²) in [6.45, 7) is 0. The number of carbonyl (C=O) groups excluding carboxylic acids is 2.